The molecular formula is C16H14ClF2N3OS. The Labute approximate surface area is 147 Å². The molecule has 0 atom stereocenters. The molecular weight excluding hydrogens is 356 g/mol. The molecule has 0 saturated carbocycles. The lowest BCUT2D eigenvalue weighted by Crippen LogP contribution is -2.06. The van der Waals surface area contributed by atoms with Gasteiger partial charge in [-0.05, 0) is 23.8 Å². The Hall–Kier alpha value is -2.12. The Morgan fingerprint density at radius 2 is 2.00 bits per heavy atom. The maximum atomic E-state index is 12.4. The molecule has 0 radical (unpaired) electrons. The van der Waals surface area contributed by atoms with Crippen molar-refractivity contribution in [1.82, 2.24) is 0 Å². The standard InChI is InChI=1S/C16H14ClF2N3OS/c17-13-6-7-14(23-15(18)19)12(8-13)9-21-22-16(20)24-10-11-4-2-1-3-5-11/h1-9,15H,10H2,(H2,20,22). The van der Waals surface area contributed by atoms with E-state index in [0.717, 1.165) is 5.56 Å². The van der Waals surface area contributed by atoms with Gasteiger partial charge in [-0.2, -0.15) is 13.9 Å². The molecule has 8 heteroatoms. The lowest BCUT2D eigenvalue weighted by atomic mass is 10.2. The maximum absolute atomic E-state index is 12.4. The predicted molar refractivity (Wildman–Crippen MR) is 95.0 cm³/mol. The summed E-state index contributed by atoms with van der Waals surface area (Å²) in [4.78, 5) is 0. The van der Waals surface area contributed by atoms with Crippen LogP contribution < -0.4 is 10.5 Å². The van der Waals surface area contributed by atoms with E-state index in [1.807, 2.05) is 30.3 Å². The van der Waals surface area contributed by atoms with Crippen molar-refractivity contribution in [2.75, 3.05) is 0 Å². The van der Waals surface area contributed by atoms with Crippen molar-refractivity contribution >= 4 is 34.7 Å². The van der Waals surface area contributed by atoms with Crippen LogP contribution in [0, 0.1) is 0 Å². The van der Waals surface area contributed by atoms with Crippen LogP contribution in [0.5, 0.6) is 5.75 Å². The summed E-state index contributed by atoms with van der Waals surface area (Å²) in [5.41, 5.74) is 7.14. The monoisotopic (exact) mass is 369 g/mol. The molecule has 24 heavy (non-hydrogen) atoms. The van der Waals surface area contributed by atoms with Gasteiger partial charge in [0.1, 0.15) is 5.75 Å². The molecule has 0 spiro atoms. The number of amidine groups is 1. The van der Waals surface area contributed by atoms with E-state index in [0.29, 0.717) is 10.8 Å². The van der Waals surface area contributed by atoms with Gasteiger partial charge in [-0.25, -0.2) is 0 Å². The SMILES string of the molecule is NC(=NN=Cc1cc(Cl)ccc1OC(F)F)SCc1ccccc1. The van der Waals surface area contributed by atoms with Crippen LogP contribution in [-0.4, -0.2) is 18.0 Å². The number of nitrogens with two attached hydrogens (primary N) is 1. The van der Waals surface area contributed by atoms with Crippen molar-refractivity contribution in [3.05, 3.63) is 64.7 Å². The number of hydrogen-bond donors (Lipinski definition) is 1. The first-order valence-electron chi connectivity index (χ1n) is 6.82. The third kappa shape index (κ3) is 6.17. The molecule has 0 aliphatic heterocycles. The minimum atomic E-state index is -2.94. The van der Waals surface area contributed by atoms with Crippen molar-refractivity contribution in [3.63, 3.8) is 0 Å². The number of nitrogens with zero attached hydrogens (tertiary/aromatic N) is 2. The predicted octanol–water partition coefficient (Wildman–Crippen LogP) is 4.52. The number of rotatable bonds is 6. The van der Waals surface area contributed by atoms with Crippen molar-refractivity contribution in [2.24, 2.45) is 15.9 Å². The average molecular weight is 370 g/mol. The Balaban J connectivity index is 2.00. The molecule has 0 saturated heterocycles. The Morgan fingerprint density at radius 1 is 1.25 bits per heavy atom. The summed E-state index contributed by atoms with van der Waals surface area (Å²) in [7, 11) is 0. The molecule has 4 nitrogen and oxygen atoms in total. The third-order valence-electron chi connectivity index (χ3n) is 2.77. The summed E-state index contributed by atoms with van der Waals surface area (Å²) in [5.74, 6) is 0.617. The van der Waals surface area contributed by atoms with Gasteiger partial charge >= 0.3 is 6.61 Å². The topological polar surface area (TPSA) is 60.0 Å². The van der Waals surface area contributed by atoms with Gasteiger partial charge in [0, 0.05) is 16.3 Å². The van der Waals surface area contributed by atoms with Gasteiger partial charge in [0.05, 0.1) is 6.21 Å². The van der Waals surface area contributed by atoms with Gasteiger partial charge in [0.25, 0.3) is 0 Å². The molecule has 0 amide bonds. The van der Waals surface area contributed by atoms with Crippen LogP contribution in [0.2, 0.25) is 5.02 Å². The normalized spacial score (nSPS) is 12.1. The molecule has 2 aromatic rings. The number of halogens is 3. The molecule has 126 valence electrons. The molecule has 0 heterocycles. The zero-order valence-corrected chi connectivity index (χ0v) is 14.0. The first-order valence-corrected chi connectivity index (χ1v) is 8.18. The van der Waals surface area contributed by atoms with E-state index in [1.165, 1.54) is 36.2 Å². The van der Waals surface area contributed by atoms with Crippen molar-refractivity contribution in [1.29, 1.82) is 0 Å². The number of thioether (sulfide) groups is 1. The van der Waals surface area contributed by atoms with Crippen LogP contribution in [0.3, 0.4) is 0 Å². The highest BCUT2D eigenvalue weighted by Gasteiger charge is 2.08. The molecule has 0 aliphatic carbocycles. The molecule has 2 aromatic carbocycles. The molecule has 0 aromatic heterocycles. The highest BCUT2D eigenvalue weighted by molar-refractivity contribution is 8.13. The lowest BCUT2D eigenvalue weighted by molar-refractivity contribution is -0.0499. The van der Waals surface area contributed by atoms with Crippen LogP contribution in [0.25, 0.3) is 0 Å². The Morgan fingerprint density at radius 3 is 2.71 bits per heavy atom. The zero-order chi connectivity index (χ0) is 17.4. The lowest BCUT2D eigenvalue weighted by Gasteiger charge is -2.07. The molecule has 2 rings (SSSR count). The largest absolute Gasteiger partial charge is 0.434 e. The van der Waals surface area contributed by atoms with Crippen molar-refractivity contribution < 1.29 is 13.5 Å². The third-order valence-corrected chi connectivity index (χ3v) is 3.86. The summed E-state index contributed by atoms with van der Waals surface area (Å²) in [6, 6.07) is 14.0. The van der Waals surface area contributed by atoms with Gasteiger partial charge in [-0.1, -0.05) is 53.7 Å². The minimum Gasteiger partial charge on any atom is -0.434 e. The van der Waals surface area contributed by atoms with Crippen LogP contribution in [0.15, 0.2) is 58.7 Å². The van der Waals surface area contributed by atoms with Crippen LogP contribution in [-0.2, 0) is 5.75 Å². The first-order chi connectivity index (χ1) is 11.5. The second-order valence-corrected chi connectivity index (χ2v) is 5.95. The summed E-state index contributed by atoms with van der Waals surface area (Å²) in [6.45, 7) is -2.94. The van der Waals surface area contributed by atoms with E-state index < -0.39 is 6.61 Å². The average Bonchev–Trinajstić information content (AvgIpc) is 2.56. The van der Waals surface area contributed by atoms with Gasteiger partial charge in [-0.3, -0.25) is 0 Å². The number of hydrogen-bond acceptors (Lipinski definition) is 4. The molecule has 0 aliphatic rings. The van der Waals surface area contributed by atoms with Crippen molar-refractivity contribution in [3.8, 4) is 5.75 Å². The number of alkyl halides is 2. The molecule has 2 N–H and O–H groups in total. The summed E-state index contributed by atoms with van der Waals surface area (Å²) >= 11 is 7.16. The highest BCUT2D eigenvalue weighted by atomic mass is 35.5. The van der Waals surface area contributed by atoms with Crippen molar-refractivity contribution in [2.45, 2.75) is 12.4 Å². The van der Waals surface area contributed by atoms with Gasteiger partial charge in [0.15, 0.2) is 5.17 Å². The summed E-state index contributed by atoms with van der Waals surface area (Å²) < 4.78 is 29.1. The fourth-order valence-corrected chi connectivity index (χ4v) is 2.52. The van der Waals surface area contributed by atoms with Crippen LogP contribution in [0.4, 0.5) is 8.78 Å². The van der Waals surface area contributed by atoms with E-state index in [-0.39, 0.29) is 16.5 Å². The van der Waals surface area contributed by atoms with Crippen LogP contribution in [0.1, 0.15) is 11.1 Å². The fourth-order valence-electron chi connectivity index (χ4n) is 1.73. The first kappa shape index (κ1) is 18.2. The molecule has 0 unspecified atom stereocenters. The second kappa shape index (κ2) is 9.24. The summed E-state index contributed by atoms with van der Waals surface area (Å²) in [6.07, 6.45) is 1.26. The number of benzene rings is 2. The Kier molecular flexibility index (Phi) is 7.02. The van der Waals surface area contributed by atoms with E-state index >= 15 is 0 Å². The minimum absolute atomic E-state index is 0.0381. The fraction of sp³-hybridized carbons (Fsp3) is 0.125. The van der Waals surface area contributed by atoms with Gasteiger partial charge in [0.2, 0.25) is 0 Å². The van der Waals surface area contributed by atoms with E-state index in [9.17, 15) is 8.78 Å². The second-order valence-electron chi connectivity index (χ2n) is 4.52. The molecule has 0 fully saturated rings. The van der Waals surface area contributed by atoms with Crippen LogP contribution >= 0.6 is 23.4 Å². The van der Waals surface area contributed by atoms with E-state index in [1.54, 1.807) is 0 Å². The summed E-state index contributed by atoms with van der Waals surface area (Å²) in [5, 5.41) is 8.25. The van der Waals surface area contributed by atoms with Gasteiger partial charge < -0.3 is 10.5 Å². The number of ether oxygens (including phenoxy) is 1. The van der Waals surface area contributed by atoms with E-state index in [4.69, 9.17) is 17.3 Å². The zero-order valence-electron chi connectivity index (χ0n) is 12.4. The van der Waals surface area contributed by atoms with Gasteiger partial charge in [-0.15, -0.1) is 5.10 Å². The van der Waals surface area contributed by atoms with E-state index in [2.05, 4.69) is 14.9 Å². The highest BCUT2D eigenvalue weighted by Crippen LogP contribution is 2.23. The smallest absolute Gasteiger partial charge is 0.387 e. The molecule has 0 bridgehead atoms. The maximum Gasteiger partial charge on any atom is 0.387 e. The Bertz CT molecular complexity index is 727. The quantitative estimate of drug-likeness (QED) is 0.462.